The molecule has 1 aliphatic carbocycles. The molecule has 1 aliphatic rings. The maximum Gasteiger partial charge on any atom is 0.501 e. The number of rotatable bonds is 3. The topological polar surface area (TPSA) is 84.2 Å². The van der Waals surface area contributed by atoms with Crippen LogP contribution in [0.5, 0.6) is 11.5 Å². The van der Waals surface area contributed by atoms with Crippen molar-refractivity contribution >= 4 is 15.6 Å². The first kappa shape index (κ1) is 18.8. The third kappa shape index (κ3) is 3.26. The van der Waals surface area contributed by atoms with Crippen molar-refractivity contribution in [3.63, 3.8) is 0 Å². The minimum atomic E-state index is -5.72. The van der Waals surface area contributed by atoms with Crippen LogP contribution in [0.3, 0.4) is 0 Å². The van der Waals surface area contributed by atoms with Crippen molar-refractivity contribution in [3.8, 4) is 17.6 Å². The lowest BCUT2D eigenvalue weighted by Gasteiger charge is -2.15. The number of carbonyl (C=O) groups is 1. The lowest BCUT2D eigenvalue weighted by atomic mass is 10.1. The van der Waals surface area contributed by atoms with Crippen molar-refractivity contribution < 1.29 is 35.5 Å². The second-order valence-corrected chi connectivity index (χ2v) is 7.59. The van der Waals surface area contributed by atoms with E-state index in [0.29, 0.717) is 6.07 Å². The van der Waals surface area contributed by atoms with Crippen LogP contribution >= 0.6 is 0 Å². The minimum absolute atomic E-state index is 0.00639. The molecule has 5 nitrogen and oxygen atoms in total. The SMILES string of the molecule is N#Cc1cc(F)cc(Oc2ccc(S(=O)(=O)C(F)(F)F)c3c2CCC3=O)c1. The molecule has 0 spiro atoms. The number of halogens is 4. The standard InChI is InChI=1S/C17H9F4NO4S/c18-10-5-9(8-22)6-11(7-10)26-14-3-4-15(27(24,25)17(19,20)21)16-12(14)1-2-13(16)23/h3-7H,1-2H2. The largest absolute Gasteiger partial charge is 0.501 e. The van der Waals surface area contributed by atoms with Gasteiger partial charge in [0.2, 0.25) is 0 Å². The zero-order valence-electron chi connectivity index (χ0n) is 13.3. The second kappa shape index (κ2) is 6.35. The van der Waals surface area contributed by atoms with Gasteiger partial charge < -0.3 is 4.74 Å². The predicted molar refractivity (Wildman–Crippen MR) is 83.5 cm³/mol. The number of ketones is 1. The summed E-state index contributed by atoms with van der Waals surface area (Å²) in [6, 6.07) is 6.45. The van der Waals surface area contributed by atoms with Crippen LogP contribution in [0.2, 0.25) is 0 Å². The number of fused-ring (bicyclic) bond motifs is 1. The van der Waals surface area contributed by atoms with Crippen molar-refractivity contribution in [2.75, 3.05) is 0 Å². The summed E-state index contributed by atoms with van der Waals surface area (Å²) in [6.45, 7) is 0. The molecule has 0 saturated carbocycles. The molecule has 0 heterocycles. The number of hydrogen-bond donors (Lipinski definition) is 0. The number of nitriles is 1. The van der Waals surface area contributed by atoms with E-state index < -0.39 is 37.4 Å². The van der Waals surface area contributed by atoms with E-state index in [1.165, 1.54) is 6.07 Å². The molecule has 2 aromatic rings. The van der Waals surface area contributed by atoms with E-state index in [0.717, 1.165) is 18.2 Å². The molecule has 3 rings (SSSR count). The molecular weight excluding hydrogens is 390 g/mol. The molecule has 0 aliphatic heterocycles. The van der Waals surface area contributed by atoms with Gasteiger partial charge in [-0.25, -0.2) is 12.8 Å². The summed E-state index contributed by atoms with van der Waals surface area (Å²) in [5.74, 6) is -1.71. The molecule has 140 valence electrons. The Morgan fingerprint density at radius 3 is 2.44 bits per heavy atom. The molecule has 0 bridgehead atoms. The third-order valence-corrected chi connectivity index (χ3v) is 5.46. The number of nitrogens with zero attached hydrogens (tertiary/aromatic N) is 1. The number of benzene rings is 2. The molecule has 27 heavy (non-hydrogen) atoms. The molecular formula is C17H9F4NO4S. The van der Waals surface area contributed by atoms with Crippen LogP contribution < -0.4 is 4.74 Å². The number of alkyl halides is 3. The normalized spacial score (nSPS) is 14.0. The summed E-state index contributed by atoms with van der Waals surface area (Å²) >= 11 is 0. The fourth-order valence-electron chi connectivity index (χ4n) is 2.78. The highest BCUT2D eigenvalue weighted by atomic mass is 32.2. The van der Waals surface area contributed by atoms with Crippen molar-refractivity contribution in [1.29, 1.82) is 5.26 Å². The monoisotopic (exact) mass is 399 g/mol. The molecule has 0 N–H and O–H groups in total. The molecule has 0 fully saturated rings. The number of Topliss-reactive ketones (excluding diaryl/α,β-unsaturated/α-hetero) is 1. The van der Waals surface area contributed by atoms with E-state index in [-0.39, 0.29) is 35.5 Å². The van der Waals surface area contributed by atoms with Crippen LogP contribution in [0, 0.1) is 17.1 Å². The summed E-state index contributed by atoms with van der Waals surface area (Å²) in [5.41, 5.74) is -6.18. The van der Waals surface area contributed by atoms with Crippen LogP contribution in [-0.2, 0) is 16.3 Å². The van der Waals surface area contributed by atoms with Gasteiger partial charge in [-0.05, 0) is 30.7 Å². The van der Waals surface area contributed by atoms with Gasteiger partial charge in [-0.15, -0.1) is 0 Å². The fourth-order valence-corrected chi connectivity index (χ4v) is 3.78. The summed E-state index contributed by atoms with van der Waals surface area (Å²) < 4.78 is 81.1. The van der Waals surface area contributed by atoms with Crippen LogP contribution in [0.25, 0.3) is 0 Å². The molecule has 2 aromatic carbocycles. The molecule has 0 radical (unpaired) electrons. The van der Waals surface area contributed by atoms with Crippen molar-refractivity contribution in [3.05, 3.63) is 52.8 Å². The zero-order valence-corrected chi connectivity index (χ0v) is 14.1. The van der Waals surface area contributed by atoms with E-state index >= 15 is 0 Å². The Hall–Kier alpha value is -2.93. The Bertz CT molecular complexity index is 1100. The fraction of sp³-hybridized carbons (Fsp3) is 0.176. The summed E-state index contributed by atoms with van der Waals surface area (Å²) in [7, 11) is -5.72. The van der Waals surface area contributed by atoms with Gasteiger partial charge in [-0.3, -0.25) is 4.79 Å². The third-order valence-electron chi connectivity index (χ3n) is 3.94. The lowest BCUT2D eigenvalue weighted by Crippen LogP contribution is -2.25. The van der Waals surface area contributed by atoms with Crippen molar-refractivity contribution in [2.45, 2.75) is 23.2 Å². The van der Waals surface area contributed by atoms with Crippen LogP contribution in [0.1, 0.15) is 27.9 Å². The molecule has 0 atom stereocenters. The molecule has 0 amide bonds. The van der Waals surface area contributed by atoms with Gasteiger partial charge in [0.15, 0.2) is 5.78 Å². The van der Waals surface area contributed by atoms with Gasteiger partial charge in [0.1, 0.15) is 17.3 Å². The van der Waals surface area contributed by atoms with Crippen molar-refractivity contribution in [1.82, 2.24) is 0 Å². The van der Waals surface area contributed by atoms with Crippen molar-refractivity contribution in [2.24, 2.45) is 0 Å². The van der Waals surface area contributed by atoms with E-state index in [1.807, 2.05) is 0 Å². The number of sulfone groups is 1. The number of ether oxygens (including phenoxy) is 1. The van der Waals surface area contributed by atoms with E-state index in [9.17, 15) is 30.8 Å². The Balaban J connectivity index is 2.13. The highest BCUT2D eigenvalue weighted by molar-refractivity contribution is 7.92. The Morgan fingerprint density at radius 1 is 1.11 bits per heavy atom. The first-order valence-electron chi connectivity index (χ1n) is 7.43. The second-order valence-electron chi connectivity index (χ2n) is 5.68. The average Bonchev–Trinajstić information content (AvgIpc) is 2.96. The summed E-state index contributed by atoms with van der Waals surface area (Å²) in [6.07, 6.45) is -0.201. The summed E-state index contributed by atoms with van der Waals surface area (Å²) in [4.78, 5) is 10.9. The van der Waals surface area contributed by atoms with Gasteiger partial charge in [-0.1, -0.05) is 0 Å². The number of hydrogen-bond acceptors (Lipinski definition) is 5. The Labute approximate surface area is 150 Å². The summed E-state index contributed by atoms with van der Waals surface area (Å²) in [5, 5.41) is 8.85. The average molecular weight is 399 g/mol. The number of carbonyl (C=O) groups excluding carboxylic acids is 1. The predicted octanol–water partition coefficient (Wildman–Crippen LogP) is 3.91. The van der Waals surface area contributed by atoms with Gasteiger partial charge in [0.25, 0.3) is 9.84 Å². The van der Waals surface area contributed by atoms with Crippen LogP contribution in [0.4, 0.5) is 17.6 Å². The lowest BCUT2D eigenvalue weighted by molar-refractivity contribution is -0.0436. The first-order valence-corrected chi connectivity index (χ1v) is 8.92. The minimum Gasteiger partial charge on any atom is -0.457 e. The van der Waals surface area contributed by atoms with Gasteiger partial charge >= 0.3 is 5.51 Å². The molecule has 0 aromatic heterocycles. The van der Waals surface area contributed by atoms with Crippen LogP contribution in [-0.4, -0.2) is 19.7 Å². The highest BCUT2D eigenvalue weighted by Gasteiger charge is 2.49. The maximum absolute atomic E-state index is 13.5. The molecule has 0 saturated heterocycles. The van der Waals surface area contributed by atoms with E-state index in [1.54, 1.807) is 6.07 Å². The molecule has 0 unspecified atom stereocenters. The maximum atomic E-state index is 13.5. The molecule has 10 heteroatoms. The quantitative estimate of drug-likeness (QED) is 0.731. The van der Waals surface area contributed by atoms with Gasteiger partial charge in [-0.2, -0.15) is 18.4 Å². The smallest absolute Gasteiger partial charge is 0.457 e. The Kier molecular flexibility index (Phi) is 4.43. The highest BCUT2D eigenvalue weighted by Crippen LogP contribution is 2.41. The first-order chi connectivity index (χ1) is 12.5. The van der Waals surface area contributed by atoms with Gasteiger partial charge in [0.05, 0.1) is 16.5 Å². The zero-order chi connectivity index (χ0) is 20.0. The van der Waals surface area contributed by atoms with Crippen LogP contribution in [0.15, 0.2) is 35.2 Å². The Morgan fingerprint density at radius 2 is 1.81 bits per heavy atom. The van der Waals surface area contributed by atoms with E-state index in [2.05, 4.69) is 0 Å². The van der Waals surface area contributed by atoms with E-state index in [4.69, 9.17) is 10.00 Å². The van der Waals surface area contributed by atoms with Gasteiger partial charge in [0, 0.05) is 23.6 Å².